The number of aryl methyl sites for hydroxylation is 2. The van der Waals surface area contributed by atoms with Crippen LogP contribution in [0.1, 0.15) is 11.4 Å². The van der Waals surface area contributed by atoms with Gasteiger partial charge in [0.2, 0.25) is 0 Å². The number of nitrogens with zero attached hydrogens (tertiary/aromatic N) is 5. The summed E-state index contributed by atoms with van der Waals surface area (Å²) in [6.45, 7) is 3.69. The number of hydrogen-bond donors (Lipinski definition) is 0. The third kappa shape index (κ3) is 1.76. The molecular formula is C12H9ClFN5. The molecule has 0 atom stereocenters. The van der Waals surface area contributed by atoms with Crippen LogP contribution in [0.5, 0.6) is 0 Å². The molecule has 0 aliphatic heterocycles. The Morgan fingerprint density at radius 2 is 2.05 bits per heavy atom. The van der Waals surface area contributed by atoms with Crippen LogP contribution in [0, 0.1) is 19.7 Å². The van der Waals surface area contributed by atoms with Crippen molar-refractivity contribution in [1.82, 2.24) is 24.6 Å². The fraction of sp³-hybridized carbons (Fsp3) is 0.167. The van der Waals surface area contributed by atoms with Crippen molar-refractivity contribution in [3.8, 4) is 11.4 Å². The van der Waals surface area contributed by atoms with Crippen LogP contribution in [0.4, 0.5) is 4.39 Å². The van der Waals surface area contributed by atoms with Gasteiger partial charge in [-0.05, 0) is 19.9 Å². The van der Waals surface area contributed by atoms with E-state index >= 15 is 0 Å². The first-order valence-corrected chi connectivity index (χ1v) is 5.95. The molecule has 0 spiro atoms. The van der Waals surface area contributed by atoms with Crippen molar-refractivity contribution in [3.05, 3.63) is 40.8 Å². The molecule has 0 amide bonds. The zero-order chi connectivity index (χ0) is 13.6. The van der Waals surface area contributed by atoms with E-state index in [-0.39, 0.29) is 5.15 Å². The monoisotopic (exact) mass is 277 g/mol. The standard InChI is InChI=1S/C12H9ClFN5/c1-6-7(2)19-11(8-3-4-15-5-9(8)14)17-18-12(19)10(13)16-6/h3-5H,1-2H3. The van der Waals surface area contributed by atoms with Crippen molar-refractivity contribution >= 4 is 17.2 Å². The summed E-state index contributed by atoms with van der Waals surface area (Å²) in [4.78, 5) is 7.89. The van der Waals surface area contributed by atoms with Crippen molar-refractivity contribution in [2.24, 2.45) is 0 Å². The first kappa shape index (κ1) is 12.0. The first-order chi connectivity index (χ1) is 9.09. The summed E-state index contributed by atoms with van der Waals surface area (Å²) in [6, 6.07) is 1.55. The highest BCUT2D eigenvalue weighted by Crippen LogP contribution is 2.25. The summed E-state index contributed by atoms with van der Waals surface area (Å²) in [7, 11) is 0. The fourth-order valence-corrected chi connectivity index (χ4v) is 2.16. The van der Waals surface area contributed by atoms with Gasteiger partial charge >= 0.3 is 0 Å². The van der Waals surface area contributed by atoms with Crippen molar-refractivity contribution < 1.29 is 4.39 Å². The van der Waals surface area contributed by atoms with Crippen LogP contribution in [0.2, 0.25) is 5.15 Å². The van der Waals surface area contributed by atoms with Gasteiger partial charge < -0.3 is 0 Å². The van der Waals surface area contributed by atoms with E-state index in [1.165, 1.54) is 6.20 Å². The molecule has 3 heterocycles. The molecule has 0 aliphatic rings. The molecule has 0 saturated carbocycles. The Labute approximate surface area is 113 Å². The van der Waals surface area contributed by atoms with Crippen molar-refractivity contribution in [1.29, 1.82) is 0 Å². The zero-order valence-corrected chi connectivity index (χ0v) is 11.0. The maximum Gasteiger partial charge on any atom is 0.199 e. The molecule has 3 rings (SSSR count). The summed E-state index contributed by atoms with van der Waals surface area (Å²) >= 11 is 6.03. The van der Waals surface area contributed by atoms with Gasteiger partial charge in [0.1, 0.15) is 0 Å². The highest BCUT2D eigenvalue weighted by molar-refractivity contribution is 6.32. The number of fused-ring (bicyclic) bond motifs is 1. The first-order valence-electron chi connectivity index (χ1n) is 5.57. The van der Waals surface area contributed by atoms with E-state index in [9.17, 15) is 4.39 Å². The second-order valence-electron chi connectivity index (χ2n) is 4.11. The van der Waals surface area contributed by atoms with Gasteiger partial charge in [-0.3, -0.25) is 9.38 Å². The van der Waals surface area contributed by atoms with Gasteiger partial charge in [-0.2, -0.15) is 0 Å². The van der Waals surface area contributed by atoms with Crippen LogP contribution >= 0.6 is 11.6 Å². The van der Waals surface area contributed by atoms with E-state index in [0.717, 1.165) is 17.6 Å². The lowest BCUT2D eigenvalue weighted by Gasteiger charge is -2.07. The SMILES string of the molecule is Cc1nc(Cl)c2nnc(-c3ccncc3F)n2c1C. The van der Waals surface area contributed by atoms with E-state index < -0.39 is 5.82 Å². The van der Waals surface area contributed by atoms with E-state index in [1.54, 1.807) is 10.5 Å². The molecule has 0 fully saturated rings. The molecule has 0 radical (unpaired) electrons. The molecular weight excluding hydrogens is 269 g/mol. The second-order valence-corrected chi connectivity index (χ2v) is 4.47. The van der Waals surface area contributed by atoms with Crippen LogP contribution in [0.15, 0.2) is 18.5 Å². The number of hydrogen-bond acceptors (Lipinski definition) is 4. The Kier molecular flexibility index (Phi) is 2.67. The third-order valence-corrected chi connectivity index (χ3v) is 3.24. The number of rotatable bonds is 1. The lowest BCUT2D eigenvalue weighted by molar-refractivity contribution is 0.623. The largest absolute Gasteiger partial charge is 0.275 e. The zero-order valence-electron chi connectivity index (χ0n) is 10.2. The Hall–Kier alpha value is -2.08. The van der Waals surface area contributed by atoms with Gasteiger partial charge in [0, 0.05) is 11.9 Å². The fourth-order valence-electron chi connectivity index (χ4n) is 1.91. The average Bonchev–Trinajstić information content (AvgIpc) is 2.82. The van der Waals surface area contributed by atoms with Crippen LogP contribution in [0.3, 0.4) is 0 Å². The minimum Gasteiger partial charge on any atom is -0.275 e. The normalized spacial score (nSPS) is 11.2. The van der Waals surface area contributed by atoms with Crippen LogP contribution < -0.4 is 0 Å². The van der Waals surface area contributed by atoms with Gasteiger partial charge in [-0.25, -0.2) is 9.37 Å². The van der Waals surface area contributed by atoms with Crippen molar-refractivity contribution in [3.63, 3.8) is 0 Å². The van der Waals surface area contributed by atoms with Crippen LogP contribution in [-0.2, 0) is 0 Å². The molecule has 19 heavy (non-hydrogen) atoms. The number of halogens is 2. The third-order valence-electron chi connectivity index (χ3n) is 2.99. The average molecular weight is 278 g/mol. The minimum atomic E-state index is -0.457. The molecule has 0 aliphatic carbocycles. The molecule has 0 aromatic carbocycles. The molecule has 0 bridgehead atoms. The van der Waals surface area contributed by atoms with Crippen molar-refractivity contribution in [2.45, 2.75) is 13.8 Å². The molecule has 0 saturated heterocycles. The molecule has 3 aromatic heterocycles. The van der Waals surface area contributed by atoms with Gasteiger partial charge in [0.15, 0.2) is 22.4 Å². The molecule has 0 unspecified atom stereocenters. The highest BCUT2D eigenvalue weighted by atomic mass is 35.5. The molecule has 3 aromatic rings. The Balaban J connectivity index is 2.41. The molecule has 5 nitrogen and oxygen atoms in total. The number of pyridine rings is 1. The predicted molar refractivity (Wildman–Crippen MR) is 68.5 cm³/mol. The predicted octanol–water partition coefficient (Wildman–Crippen LogP) is 2.60. The van der Waals surface area contributed by atoms with Gasteiger partial charge in [-0.15, -0.1) is 10.2 Å². The molecule has 7 heteroatoms. The highest BCUT2D eigenvalue weighted by Gasteiger charge is 2.17. The maximum absolute atomic E-state index is 13.8. The van der Waals surface area contributed by atoms with E-state index in [2.05, 4.69) is 20.2 Å². The molecule has 96 valence electrons. The Morgan fingerprint density at radius 1 is 1.26 bits per heavy atom. The molecule has 0 N–H and O–H groups in total. The van der Waals surface area contributed by atoms with Crippen molar-refractivity contribution in [2.75, 3.05) is 0 Å². The lowest BCUT2D eigenvalue weighted by atomic mass is 10.2. The van der Waals surface area contributed by atoms with E-state index in [1.807, 2.05) is 13.8 Å². The quantitative estimate of drug-likeness (QED) is 0.686. The summed E-state index contributed by atoms with van der Waals surface area (Å²) < 4.78 is 15.5. The van der Waals surface area contributed by atoms with Crippen LogP contribution in [-0.4, -0.2) is 24.6 Å². The van der Waals surface area contributed by atoms with E-state index in [4.69, 9.17) is 11.6 Å². The summed E-state index contributed by atoms with van der Waals surface area (Å²) in [6.07, 6.45) is 2.64. The van der Waals surface area contributed by atoms with Gasteiger partial charge in [-0.1, -0.05) is 11.6 Å². The van der Waals surface area contributed by atoms with E-state index in [0.29, 0.717) is 17.0 Å². The summed E-state index contributed by atoms with van der Waals surface area (Å²) in [5.41, 5.74) is 2.30. The summed E-state index contributed by atoms with van der Waals surface area (Å²) in [5.74, 6) is -0.0680. The lowest BCUT2D eigenvalue weighted by Crippen LogP contribution is -2.01. The van der Waals surface area contributed by atoms with Crippen LogP contribution in [0.25, 0.3) is 17.0 Å². The topological polar surface area (TPSA) is 56.0 Å². The Morgan fingerprint density at radius 3 is 2.79 bits per heavy atom. The second kappa shape index (κ2) is 4.24. The maximum atomic E-state index is 13.8. The number of aromatic nitrogens is 5. The smallest absolute Gasteiger partial charge is 0.199 e. The minimum absolute atomic E-state index is 0.247. The summed E-state index contributed by atoms with van der Waals surface area (Å²) in [5, 5.41) is 8.23. The van der Waals surface area contributed by atoms with Gasteiger partial charge in [0.25, 0.3) is 0 Å². The Bertz CT molecular complexity index is 783. The van der Waals surface area contributed by atoms with Gasteiger partial charge in [0.05, 0.1) is 17.5 Å².